The van der Waals surface area contributed by atoms with Crippen molar-refractivity contribution in [1.82, 2.24) is 10.6 Å². The lowest BCUT2D eigenvalue weighted by Crippen LogP contribution is -2.41. The van der Waals surface area contributed by atoms with E-state index < -0.39 is 0 Å². The van der Waals surface area contributed by atoms with Gasteiger partial charge in [0.2, 0.25) is 5.91 Å². The summed E-state index contributed by atoms with van der Waals surface area (Å²) >= 11 is 1.92. The van der Waals surface area contributed by atoms with Gasteiger partial charge in [-0.1, -0.05) is 0 Å². The zero-order valence-corrected chi connectivity index (χ0v) is 12.3. The molecule has 2 aliphatic rings. The summed E-state index contributed by atoms with van der Waals surface area (Å²) in [4.78, 5) is 11.6. The fraction of sp³-hybridized carbons (Fsp3) is 0.917. The van der Waals surface area contributed by atoms with Gasteiger partial charge in [0.15, 0.2) is 0 Å². The molecule has 4 nitrogen and oxygen atoms in total. The van der Waals surface area contributed by atoms with Crippen LogP contribution in [0.2, 0.25) is 0 Å². The van der Waals surface area contributed by atoms with Crippen LogP contribution >= 0.6 is 24.2 Å². The van der Waals surface area contributed by atoms with Crippen LogP contribution in [0.1, 0.15) is 19.3 Å². The van der Waals surface area contributed by atoms with Gasteiger partial charge in [-0.2, -0.15) is 11.8 Å². The minimum atomic E-state index is 0. The molecule has 106 valence electrons. The topological polar surface area (TPSA) is 50.4 Å². The Labute approximate surface area is 119 Å². The fourth-order valence-electron chi connectivity index (χ4n) is 1.84. The summed E-state index contributed by atoms with van der Waals surface area (Å²) in [5.41, 5.74) is 0. The molecule has 1 amide bonds. The predicted molar refractivity (Wildman–Crippen MR) is 77.5 cm³/mol. The number of hydrogen-bond donors (Lipinski definition) is 2. The van der Waals surface area contributed by atoms with Gasteiger partial charge in [0.1, 0.15) is 0 Å². The highest BCUT2D eigenvalue weighted by atomic mass is 35.5. The highest BCUT2D eigenvalue weighted by Crippen LogP contribution is 2.28. The van der Waals surface area contributed by atoms with Crippen molar-refractivity contribution >= 4 is 30.1 Å². The number of thioether (sulfide) groups is 1. The molecule has 0 spiro atoms. The van der Waals surface area contributed by atoms with E-state index in [1.54, 1.807) is 0 Å². The zero-order chi connectivity index (χ0) is 11.9. The second-order valence-corrected chi connectivity index (χ2v) is 5.95. The van der Waals surface area contributed by atoms with E-state index in [1.165, 1.54) is 12.8 Å². The van der Waals surface area contributed by atoms with E-state index in [1.807, 2.05) is 11.8 Å². The molecule has 6 heteroatoms. The monoisotopic (exact) mass is 294 g/mol. The van der Waals surface area contributed by atoms with Crippen molar-refractivity contribution in [2.75, 3.05) is 37.8 Å². The molecule has 2 N–H and O–H groups in total. The van der Waals surface area contributed by atoms with Gasteiger partial charge in [0.25, 0.3) is 0 Å². The van der Waals surface area contributed by atoms with Crippen LogP contribution in [-0.2, 0) is 9.53 Å². The summed E-state index contributed by atoms with van der Waals surface area (Å²) in [7, 11) is 0. The van der Waals surface area contributed by atoms with Crippen LogP contribution in [0.4, 0.5) is 0 Å². The van der Waals surface area contributed by atoms with Gasteiger partial charge in [-0.25, -0.2) is 0 Å². The molecule has 1 unspecified atom stereocenters. The Bertz CT molecular complexity index is 246. The molecule has 1 aliphatic carbocycles. The highest BCUT2D eigenvalue weighted by molar-refractivity contribution is 7.99. The van der Waals surface area contributed by atoms with Crippen LogP contribution in [0, 0.1) is 5.92 Å². The maximum atomic E-state index is 11.6. The van der Waals surface area contributed by atoms with Crippen molar-refractivity contribution in [3.05, 3.63) is 0 Å². The molecule has 1 atom stereocenters. The molecule has 0 bridgehead atoms. The number of amides is 1. The van der Waals surface area contributed by atoms with E-state index in [0.29, 0.717) is 25.6 Å². The van der Waals surface area contributed by atoms with E-state index in [-0.39, 0.29) is 18.3 Å². The quantitative estimate of drug-likeness (QED) is 0.689. The van der Waals surface area contributed by atoms with E-state index >= 15 is 0 Å². The third-order valence-corrected chi connectivity index (χ3v) is 4.18. The second kappa shape index (κ2) is 9.02. The number of ether oxygens (including phenoxy) is 1. The molecular formula is C12H23ClN2O2S. The lowest BCUT2D eigenvalue weighted by Gasteiger charge is -2.22. The summed E-state index contributed by atoms with van der Waals surface area (Å²) in [6, 6.07) is 0.348. The molecule has 0 radical (unpaired) electrons. The molecule has 1 aliphatic heterocycles. The van der Waals surface area contributed by atoms with E-state index in [2.05, 4.69) is 10.6 Å². The number of nitrogens with one attached hydrogen (secondary N) is 2. The molecule has 0 aromatic heterocycles. The second-order valence-electron chi connectivity index (χ2n) is 4.80. The number of hydrogen-bond acceptors (Lipinski definition) is 4. The Morgan fingerprint density at radius 1 is 1.44 bits per heavy atom. The van der Waals surface area contributed by atoms with Crippen molar-refractivity contribution in [3.8, 4) is 0 Å². The first-order valence-corrected chi connectivity index (χ1v) is 7.65. The van der Waals surface area contributed by atoms with Crippen molar-refractivity contribution in [2.24, 2.45) is 5.92 Å². The lowest BCUT2D eigenvalue weighted by molar-refractivity contribution is -0.121. The van der Waals surface area contributed by atoms with Crippen LogP contribution < -0.4 is 10.6 Å². The van der Waals surface area contributed by atoms with Crippen LogP contribution in [0.3, 0.4) is 0 Å². The Morgan fingerprint density at radius 3 is 2.94 bits per heavy atom. The van der Waals surface area contributed by atoms with Gasteiger partial charge < -0.3 is 15.4 Å². The van der Waals surface area contributed by atoms with Crippen molar-refractivity contribution in [3.63, 3.8) is 0 Å². The lowest BCUT2D eigenvalue weighted by atomic mass is 10.2. The summed E-state index contributed by atoms with van der Waals surface area (Å²) < 4.78 is 5.46. The average Bonchev–Trinajstić information content (AvgIpc) is 3.14. The van der Waals surface area contributed by atoms with Gasteiger partial charge in [-0.3, -0.25) is 4.79 Å². The van der Waals surface area contributed by atoms with Crippen molar-refractivity contribution in [1.29, 1.82) is 0 Å². The van der Waals surface area contributed by atoms with Crippen molar-refractivity contribution < 1.29 is 9.53 Å². The van der Waals surface area contributed by atoms with Gasteiger partial charge in [0, 0.05) is 43.7 Å². The molecule has 2 fully saturated rings. The van der Waals surface area contributed by atoms with Crippen molar-refractivity contribution in [2.45, 2.75) is 25.3 Å². The van der Waals surface area contributed by atoms with Gasteiger partial charge in [0.05, 0.1) is 6.61 Å². The molecule has 0 aromatic carbocycles. The molecule has 1 saturated carbocycles. The normalized spacial score (nSPS) is 23.2. The largest absolute Gasteiger partial charge is 0.379 e. The fourth-order valence-corrected chi connectivity index (χ4v) is 2.79. The zero-order valence-electron chi connectivity index (χ0n) is 10.7. The van der Waals surface area contributed by atoms with Gasteiger partial charge >= 0.3 is 0 Å². The molecule has 1 heterocycles. The summed E-state index contributed by atoms with van der Waals surface area (Å²) in [5, 5.41) is 6.27. The van der Waals surface area contributed by atoms with E-state index in [0.717, 1.165) is 30.6 Å². The Morgan fingerprint density at radius 2 is 2.28 bits per heavy atom. The van der Waals surface area contributed by atoms with Crippen LogP contribution in [-0.4, -0.2) is 49.8 Å². The first kappa shape index (κ1) is 16.1. The van der Waals surface area contributed by atoms with E-state index in [4.69, 9.17) is 4.74 Å². The molecular weight excluding hydrogens is 272 g/mol. The van der Waals surface area contributed by atoms with E-state index in [9.17, 15) is 4.79 Å². The molecule has 0 aromatic rings. The number of carbonyl (C=O) groups excluding carboxylic acids is 1. The predicted octanol–water partition coefficient (Wildman–Crippen LogP) is 1.05. The average molecular weight is 295 g/mol. The first-order chi connectivity index (χ1) is 8.34. The molecule has 2 rings (SSSR count). The Kier molecular flexibility index (Phi) is 8.06. The number of halogens is 1. The van der Waals surface area contributed by atoms with Crippen LogP contribution in [0.5, 0.6) is 0 Å². The highest BCUT2D eigenvalue weighted by Gasteiger charge is 2.21. The first-order valence-electron chi connectivity index (χ1n) is 6.50. The third-order valence-electron chi connectivity index (χ3n) is 3.05. The van der Waals surface area contributed by atoms with Gasteiger partial charge in [-0.15, -0.1) is 12.4 Å². The smallest absolute Gasteiger partial charge is 0.221 e. The Hall–Kier alpha value is 0.0300. The Balaban J connectivity index is 0.00000162. The summed E-state index contributed by atoms with van der Waals surface area (Å²) in [5.74, 6) is 3.15. The summed E-state index contributed by atoms with van der Waals surface area (Å²) in [6.45, 7) is 3.18. The summed E-state index contributed by atoms with van der Waals surface area (Å²) in [6.07, 6.45) is 3.23. The van der Waals surface area contributed by atoms with Crippen LogP contribution in [0.25, 0.3) is 0 Å². The minimum absolute atomic E-state index is 0. The number of carbonyl (C=O) groups is 1. The maximum absolute atomic E-state index is 11.6. The van der Waals surface area contributed by atoms with Gasteiger partial charge in [-0.05, 0) is 18.8 Å². The standard InChI is InChI=1S/C12H22N2O2S.ClH/c15-12(7-11-9-17-6-4-13-11)14-3-5-16-8-10-1-2-10;/h10-11,13H,1-9H2,(H,14,15);1H. The maximum Gasteiger partial charge on any atom is 0.221 e. The molecule has 18 heavy (non-hydrogen) atoms. The SMILES string of the molecule is Cl.O=C(CC1CSCCN1)NCCOCC1CC1. The molecule has 1 saturated heterocycles. The third kappa shape index (κ3) is 6.83. The minimum Gasteiger partial charge on any atom is -0.379 e. The number of rotatable bonds is 7. The van der Waals surface area contributed by atoms with Crippen LogP contribution in [0.15, 0.2) is 0 Å².